The molecule has 2 fully saturated rings. The van der Waals surface area contributed by atoms with E-state index in [2.05, 4.69) is 10.6 Å². The van der Waals surface area contributed by atoms with Crippen molar-refractivity contribution in [2.75, 3.05) is 20.2 Å². The Kier molecular flexibility index (Phi) is 4.18. The summed E-state index contributed by atoms with van der Waals surface area (Å²) in [4.78, 5) is 11.4. The van der Waals surface area contributed by atoms with E-state index in [0.717, 1.165) is 19.5 Å². The molecular formula is C12H22N2O2. The van der Waals surface area contributed by atoms with Crippen molar-refractivity contribution in [2.45, 2.75) is 44.2 Å². The summed E-state index contributed by atoms with van der Waals surface area (Å²) < 4.78 is 4.76. The first-order valence-corrected chi connectivity index (χ1v) is 6.34. The number of carbonyl (C=O) groups is 1. The Hall–Kier alpha value is -0.610. The highest BCUT2D eigenvalue weighted by Crippen LogP contribution is 2.23. The van der Waals surface area contributed by atoms with Crippen LogP contribution in [0.2, 0.25) is 0 Å². The Bertz CT molecular complexity index is 239. The van der Waals surface area contributed by atoms with E-state index >= 15 is 0 Å². The van der Waals surface area contributed by atoms with Crippen LogP contribution in [0.4, 0.5) is 0 Å². The maximum atomic E-state index is 11.4. The topological polar surface area (TPSA) is 50.4 Å². The number of ether oxygens (including phenoxy) is 1. The van der Waals surface area contributed by atoms with E-state index in [1.807, 2.05) is 0 Å². The third-order valence-corrected chi connectivity index (χ3v) is 3.74. The normalized spacial score (nSPS) is 34.9. The monoisotopic (exact) mass is 226 g/mol. The second-order valence-electron chi connectivity index (χ2n) is 4.97. The second kappa shape index (κ2) is 5.64. The maximum Gasteiger partial charge on any atom is 0.322 e. The smallest absolute Gasteiger partial charge is 0.322 e. The molecular weight excluding hydrogens is 204 g/mol. The van der Waals surface area contributed by atoms with E-state index < -0.39 is 0 Å². The van der Waals surface area contributed by atoms with Gasteiger partial charge in [-0.3, -0.25) is 4.79 Å². The van der Waals surface area contributed by atoms with Gasteiger partial charge in [0.05, 0.1) is 7.11 Å². The van der Waals surface area contributed by atoms with E-state index in [1.165, 1.54) is 32.8 Å². The number of nitrogens with one attached hydrogen (secondary N) is 2. The van der Waals surface area contributed by atoms with Crippen LogP contribution in [0.1, 0.15) is 32.1 Å². The zero-order chi connectivity index (χ0) is 11.4. The largest absolute Gasteiger partial charge is 0.468 e. The predicted molar refractivity (Wildman–Crippen MR) is 62.2 cm³/mol. The second-order valence-corrected chi connectivity index (χ2v) is 4.97. The van der Waals surface area contributed by atoms with Gasteiger partial charge in [0.25, 0.3) is 0 Å². The minimum atomic E-state index is -0.112. The van der Waals surface area contributed by atoms with Crippen molar-refractivity contribution in [3.05, 3.63) is 0 Å². The third-order valence-electron chi connectivity index (χ3n) is 3.74. The van der Waals surface area contributed by atoms with Crippen molar-refractivity contribution in [3.8, 4) is 0 Å². The molecule has 2 aliphatic heterocycles. The molecule has 16 heavy (non-hydrogen) atoms. The Morgan fingerprint density at radius 3 is 2.94 bits per heavy atom. The Morgan fingerprint density at radius 1 is 1.38 bits per heavy atom. The first kappa shape index (κ1) is 11.9. The molecule has 2 N–H and O–H groups in total. The van der Waals surface area contributed by atoms with Crippen molar-refractivity contribution in [1.29, 1.82) is 0 Å². The number of carbonyl (C=O) groups excluding carboxylic acids is 1. The predicted octanol–water partition coefficient (Wildman–Crippen LogP) is 0.670. The van der Waals surface area contributed by atoms with Crippen molar-refractivity contribution in [1.82, 2.24) is 10.6 Å². The van der Waals surface area contributed by atoms with Crippen LogP contribution in [-0.2, 0) is 9.53 Å². The van der Waals surface area contributed by atoms with E-state index in [1.54, 1.807) is 0 Å². The zero-order valence-electron chi connectivity index (χ0n) is 10.00. The van der Waals surface area contributed by atoms with Crippen LogP contribution in [0.25, 0.3) is 0 Å². The first-order valence-electron chi connectivity index (χ1n) is 6.34. The molecule has 3 atom stereocenters. The van der Waals surface area contributed by atoms with E-state index in [9.17, 15) is 4.79 Å². The van der Waals surface area contributed by atoms with Gasteiger partial charge in [0.15, 0.2) is 0 Å². The molecule has 0 aliphatic carbocycles. The number of esters is 1. The molecule has 0 spiro atoms. The van der Waals surface area contributed by atoms with Gasteiger partial charge >= 0.3 is 5.97 Å². The summed E-state index contributed by atoms with van der Waals surface area (Å²) in [7, 11) is 1.46. The number of methoxy groups -OCH3 is 1. The van der Waals surface area contributed by atoms with Gasteiger partial charge in [0.2, 0.25) is 0 Å². The van der Waals surface area contributed by atoms with Gasteiger partial charge in [-0.05, 0) is 44.7 Å². The minimum absolute atomic E-state index is 0.0707. The SMILES string of the molecule is COC(=O)C1CC(CC2CCCCN2)CN1. The highest BCUT2D eigenvalue weighted by molar-refractivity contribution is 5.76. The summed E-state index contributed by atoms with van der Waals surface area (Å²) in [6.07, 6.45) is 6.08. The van der Waals surface area contributed by atoms with E-state index in [-0.39, 0.29) is 12.0 Å². The lowest BCUT2D eigenvalue weighted by molar-refractivity contribution is -0.142. The molecule has 2 aliphatic rings. The quantitative estimate of drug-likeness (QED) is 0.695. The number of hydrogen-bond acceptors (Lipinski definition) is 4. The molecule has 3 unspecified atom stereocenters. The molecule has 0 aromatic rings. The standard InChI is InChI=1S/C12H22N2O2/c1-16-12(15)11-7-9(8-14-11)6-10-4-2-3-5-13-10/h9-11,13-14H,2-8H2,1H3. The Labute approximate surface area is 97.1 Å². The van der Waals surface area contributed by atoms with Crippen molar-refractivity contribution < 1.29 is 9.53 Å². The lowest BCUT2D eigenvalue weighted by atomic mass is 9.92. The number of hydrogen-bond donors (Lipinski definition) is 2. The van der Waals surface area contributed by atoms with Gasteiger partial charge in [-0.1, -0.05) is 6.42 Å². The van der Waals surface area contributed by atoms with Gasteiger partial charge in [-0.25, -0.2) is 0 Å². The van der Waals surface area contributed by atoms with Crippen LogP contribution in [0.15, 0.2) is 0 Å². The fourth-order valence-corrected chi connectivity index (χ4v) is 2.84. The Balaban J connectivity index is 1.73. The molecule has 92 valence electrons. The molecule has 0 bridgehead atoms. The van der Waals surface area contributed by atoms with Gasteiger partial charge in [0, 0.05) is 6.04 Å². The maximum absolute atomic E-state index is 11.4. The van der Waals surface area contributed by atoms with Crippen molar-refractivity contribution in [3.63, 3.8) is 0 Å². The lowest BCUT2D eigenvalue weighted by Gasteiger charge is -2.25. The summed E-state index contributed by atoms with van der Waals surface area (Å²) >= 11 is 0. The average molecular weight is 226 g/mol. The molecule has 4 heteroatoms. The van der Waals surface area contributed by atoms with Gasteiger partial charge in [0.1, 0.15) is 6.04 Å². The molecule has 4 nitrogen and oxygen atoms in total. The fraction of sp³-hybridized carbons (Fsp3) is 0.917. The molecule has 2 heterocycles. The Morgan fingerprint density at radius 2 is 2.25 bits per heavy atom. The molecule has 0 aromatic heterocycles. The summed E-state index contributed by atoms with van der Waals surface area (Å²) in [5.41, 5.74) is 0. The molecule has 0 amide bonds. The third kappa shape index (κ3) is 2.95. The van der Waals surface area contributed by atoms with E-state index in [0.29, 0.717) is 12.0 Å². The lowest BCUT2D eigenvalue weighted by Crippen LogP contribution is -2.35. The number of rotatable bonds is 3. The van der Waals surface area contributed by atoms with Crippen LogP contribution < -0.4 is 10.6 Å². The molecule has 0 radical (unpaired) electrons. The van der Waals surface area contributed by atoms with Crippen LogP contribution in [0.3, 0.4) is 0 Å². The molecule has 0 saturated carbocycles. The highest BCUT2D eigenvalue weighted by atomic mass is 16.5. The van der Waals surface area contributed by atoms with Gasteiger partial charge in [-0.2, -0.15) is 0 Å². The van der Waals surface area contributed by atoms with Crippen molar-refractivity contribution in [2.24, 2.45) is 5.92 Å². The fourth-order valence-electron chi connectivity index (χ4n) is 2.84. The highest BCUT2D eigenvalue weighted by Gasteiger charge is 2.31. The average Bonchev–Trinajstić information content (AvgIpc) is 2.78. The van der Waals surface area contributed by atoms with Crippen molar-refractivity contribution >= 4 is 5.97 Å². The summed E-state index contributed by atoms with van der Waals surface area (Å²) in [5, 5.41) is 6.80. The molecule has 0 aromatic carbocycles. The van der Waals surface area contributed by atoms with Gasteiger partial charge < -0.3 is 15.4 Å². The van der Waals surface area contributed by atoms with Crippen LogP contribution in [0.5, 0.6) is 0 Å². The summed E-state index contributed by atoms with van der Waals surface area (Å²) in [5.74, 6) is 0.513. The van der Waals surface area contributed by atoms with Crippen LogP contribution in [-0.4, -0.2) is 38.3 Å². The minimum Gasteiger partial charge on any atom is -0.468 e. The summed E-state index contributed by atoms with van der Waals surface area (Å²) in [6.45, 7) is 2.11. The summed E-state index contributed by atoms with van der Waals surface area (Å²) in [6, 6.07) is 0.593. The van der Waals surface area contributed by atoms with Crippen LogP contribution >= 0.6 is 0 Å². The molecule has 2 rings (SSSR count). The molecule has 2 saturated heterocycles. The van der Waals surface area contributed by atoms with E-state index in [4.69, 9.17) is 4.74 Å². The number of piperidine rings is 1. The van der Waals surface area contributed by atoms with Gasteiger partial charge in [-0.15, -0.1) is 0 Å². The van der Waals surface area contributed by atoms with Crippen LogP contribution in [0, 0.1) is 5.92 Å². The zero-order valence-corrected chi connectivity index (χ0v) is 10.00. The first-order chi connectivity index (χ1) is 7.79.